The number of amides is 4. The van der Waals surface area contributed by atoms with Crippen molar-refractivity contribution in [3.63, 3.8) is 0 Å². The lowest BCUT2D eigenvalue weighted by Crippen LogP contribution is -2.49. The minimum absolute atomic E-state index is 0.169. The van der Waals surface area contributed by atoms with Crippen LogP contribution in [0.2, 0.25) is 0 Å². The first-order valence-corrected chi connectivity index (χ1v) is 9.48. The third kappa shape index (κ3) is 3.82. The third-order valence-corrected chi connectivity index (χ3v) is 5.11. The number of carbonyl (C=O) groups is 4. The highest BCUT2D eigenvalue weighted by molar-refractivity contribution is 9.10. The van der Waals surface area contributed by atoms with E-state index in [2.05, 4.69) is 26.6 Å². The van der Waals surface area contributed by atoms with Crippen molar-refractivity contribution >= 4 is 39.6 Å². The lowest BCUT2D eigenvalue weighted by molar-refractivity contribution is -0.124. The monoisotopic (exact) mass is 443 g/mol. The number of rotatable bonds is 6. The van der Waals surface area contributed by atoms with E-state index in [9.17, 15) is 19.2 Å². The van der Waals surface area contributed by atoms with Gasteiger partial charge in [0.1, 0.15) is 6.04 Å². The zero-order valence-electron chi connectivity index (χ0n) is 15.1. The molecule has 2 N–H and O–H groups in total. The molecular formula is C20H18BrN3O4. The number of nitrogens with zero attached hydrogens (tertiary/aromatic N) is 1. The molecule has 1 aliphatic rings. The highest BCUT2D eigenvalue weighted by Gasteiger charge is 2.40. The molecule has 3 rings (SSSR count). The Balaban J connectivity index is 1.52. The van der Waals surface area contributed by atoms with Gasteiger partial charge in [-0.05, 0) is 47.1 Å². The van der Waals surface area contributed by atoms with Crippen molar-refractivity contribution in [3.8, 4) is 0 Å². The van der Waals surface area contributed by atoms with E-state index in [0.29, 0.717) is 21.2 Å². The molecule has 1 heterocycles. The van der Waals surface area contributed by atoms with E-state index in [4.69, 9.17) is 0 Å². The second kappa shape index (κ2) is 8.35. The standard InChI is InChI=1S/C20H18BrN3O4/c1-12(24-19(27)13-6-2-3-7-14(13)20(24)28)17(25)22-10-11-23-18(26)15-8-4-5-9-16(15)21/h2-9,12H,10-11H2,1H3,(H,22,25)(H,23,26). The molecule has 2 aromatic rings. The van der Waals surface area contributed by atoms with Crippen LogP contribution in [0.1, 0.15) is 38.0 Å². The summed E-state index contributed by atoms with van der Waals surface area (Å²) in [7, 11) is 0. The number of benzene rings is 2. The summed E-state index contributed by atoms with van der Waals surface area (Å²) in [6, 6.07) is 12.5. The minimum atomic E-state index is -0.952. The number of hydrogen-bond acceptors (Lipinski definition) is 4. The van der Waals surface area contributed by atoms with Gasteiger partial charge in [-0.3, -0.25) is 24.1 Å². The summed E-state index contributed by atoms with van der Waals surface area (Å²) in [6.07, 6.45) is 0. The Hall–Kier alpha value is -3.00. The van der Waals surface area contributed by atoms with Gasteiger partial charge in [0.2, 0.25) is 5.91 Å². The van der Waals surface area contributed by atoms with Crippen LogP contribution < -0.4 is 10.6 Å². The summed E-state index contributed by atoms with van der Waals surface area (Å²) >= 11 is 3.31. The van der Waals surface area contributed by atoms with Crippen LogP contribution in [-0.2, 0) is 4.79 Å². The van der Waals surface area contributed by atoms with E-state index >= 15 is 0 Å². The Labute approximate surface area is 170 Å². The average molecular weight is 444 g/mol. The highest BCUT2D eigenvalue weighted by Crippen LogP contribution is 2.24. The predicted molar refractivity (Wildman–Crippen MR) is 106 cm³/mol. The van der Waals surface area contributed by atoms with Crippen molar-refractivity contribution in [2.75, 3.05) is 13.1 Å². The Morgan fingerprint density at radius 1 is 0.929 bits per heavy atom. The fraction of sp³-hybridized carbons (Fsp3) is 0.200. The lowest BCUT2D eigenvalue weighted by atomic mass is 10.1. The van der Waals surface area contributed by atoms with E-state index in [1.165, 1.54) is 6.92 Å². The topological polar surface area (TPSA) is 95.6 Å². The van der Waals surface area contributed by atoms with Crippen LogP contribution >= 0.6 is 15.9 Å². The molecule has 28 heavy (non-hydrogen) atoms. The summed E-state index contributed by atoms with van der Waals surface area (Å²) in [6.45, 7) is 1.87. The molecular weight excluding hydrogens is 426 g/mol. The number of imide groups is 1. The van der Waals surface area contributed by atoms with E-state index in [1.54, 1.807) is 42.5 Å². The Bertz CT molecular complexity index is 925. The van der Waals surface area contributed by atoms with E-state index in [0.717, 1.165) is 4.90 Å². The summed E-state index contributed by atoms with van der Waals surface area (Å²) in [4.78, 5) is 50.3. The summed E-state index contributed by atoms with van der Waals surface area (Å²) in [5, 5.41) is 5.34. The van der Waals surface area contributed by atoms with Gasteiger partial charge in [0.15, 0.2) is 0 Å². The number of nitrogens with one attached hydrogen (secondary N) is 2. The lowest BCUT2D eigenvalue weighted by Gasteiger charge is -2.21. The maximum atomic E-state index is 12.4. The normalized spacial score (nSPS) is 13.9. The largest absolute Gasteiger partial charge is 0.353 e. The van der Waals surface area contributed by atoms with Gasteiger partial charge in [0, 0.05) is 17.6 Å². The molecule has 7 nitrogen and oxygen atoms in total. The van der Waals surface area contributed by atoms with Crippen molar-refractivity contribution in [1.82, 2.24) is 15.5 Å². The van der Waals surface area contributed by atoms with Crippen molar-refractivity contribution in [2.24, 2.45) is 0 Å². The quantitative estimate of drug-likeness (QED) is 0.526. The van der Waals surface area contributed by atoms with Crippen LogP contribution in [0.3, 0.4) is 0 Å². The molecule has 2 aromatic carbocycles. The van der Waals surface area contributed by atoms with Crippen molar-refractivity contribution in [3.05, 3.63) is 69.7 Å². The second-order valence-corrected chi connectivity index (χ2v) is 7.08. The maximum Gasteiger partial charge on any atom is 0.262 e. The van der Waals surface area contributed by atoms with Gasteiger partial charge in [-0.25, -0.2) is 0 Å². The fourth-order valence-corrected chi connectivity index (χ4v) is 3.39. The first-order valence-electron chi connectivity index (χ1n) is 8.69. The summed E-state index contributed by atoms with van der Waals surface area (Å²) < 4.78 is 0.677. The molecule has 1 aliphatic heterocycles. The number of halogens is 1. The molecule has 0 spiro atoms. The zero-order chi connectivity index (χ0) is 20.3. The molecule has 4 amide bonds. The van der Waals surface area contributed by atoms with Gasteiger partial charge < -0.3 is 10.6 Å². The van der Waals surface area contributed by atoms with Gasteiger partial charge in [-0.15, -0.1) is 0 Å². The minimum Gasteiger partial charge on any atom is -0.353 e. The molecule has 144 valence electrons. The molecule has 0 saturated heterocycles. The van der Waals surface area contributed by atoms with Gasteiger partial charge in [0.05, 0.1) is 16.7 Å². The third-order valence-electron chi connectivity index (χ3n) is 4.42. The van der Waals surface area contributed by atoms with Crippen molar-refractivity contribution < 1.29 is 19.2 Å². The molecule has 0 bridgehead atoms. The Kier molecular flexibility index (Phi) is 5.89. The van der Waals surface area contributed by atoms with E-state index in [-0.39, 0.29) is 19.0 Å². The van der Waals surface area contributed by atoms with Crippen molar-refractivity contribution in [1.29, 1.82) is 0 Å². The van der Waals surface area contributed by atoms with Gasteiger partial charge in [0.25, 0.3) is 17.7 Å². The van der Waals surface area contributed by atoms with Crippen LogP contribution in [-0.4, -0.2) is 47.7 Å². The highest BCUT2D eigenvalue weighted by atomic mass is 79.9. The Morgan fingerprint density at radius 3 is 2.07 bits per heavy atom. The first-order chi connectivity index (χ1) is 13.4. The van der Waals surface area contributed by atoms with Gasteiger partial charge >= 0.3 is 0 Å². The SMILES string of the molecule is CC(C(=O)NCCNC(=O)c1ccccc1Br)N1C(=O)c2ccccc2C1=O. The van der Waals surface area contributed by atoms with E-state index in [1.807, 2.05) is 6.07 Å². The number of fused-ring (bicyclic) bond motifs is 1. The molecule has 0 fully saturated rings. The van der Waals surface area contributed by atoms with Crippen LogP contribution in [0.15, 0.2) is 53.0 Å². The fourth-order valence-electron chi connectivity index (χ4n) is 2.93. The molecule has 0 saturated carbocycles. The summed E-state index contributed by atoms with van der Waals surface area (Å²) in [5.41, 5.74) is 1.09. The average Bonchev–Trinajstić information content (AvgIpc) is 2.95. The maximum absolute atomic E-state index is 12.4. The van der Waals surface area contributed by atoms with Crippen LogP contribution in [0.4, 0.5) is 0 Å². The predicted octanol–water partition coefficient (Wildman–Crippen LogP) is 1.98. The molecule has 1 atom stereocenters. The molecule has 0 radical (unpaired) electrons. The number of carbonyl (C=O) groups excluding carboxylic acids is 4. The first kappa shape index (κ1) is 19.8. The molecule has 1 unspecified atom stereocenters. The van der Waals surface area contributed by atoms with Crippen molar-refractivity contribution in [2.45, 2.75) is 13.0 Å². The zero-order valence-corrected chi connectivity index (χ0v) is 16.7. The van der Waals surface area contributed by atoms with E-state index < -0.39 is 23.8 Å². The smallest absolute Gasteiger partial charge is 0.262 e. The van der Waals surface area contributed by atoms with Crippen LogP contribution in [0.25, 0.3) is 0 Å². The second-order valence-electron chi connectivity index (χ2n) is 6.23. The van der Waals surface area contributed by atoms with Crippen LogP contribution in [0.5, 0.6) is 0 Å². The number of hydrogen-bond donors (Lipinski definition) is 2. The Morgan fingerprint density at radius 2 is 1.46 bits per heavy atom. The molecule has 0 aliphatic carbocycles. The summed E-state index contributed by atoms with van der Waals surface area (Å²) in [5.74, 6) is -1.70. The molecule has 0 aromatic heterocycles. The molecule has 8 heteroatoms. The van der Waals surface area contributed by atoms with Crippen LogP contribution in [0, 0.1) is 0 Å². The van der Waals surface area contributed by atoms with Gasteiger partial charge in [-0.2, -0.15) is 0 Å². The van der Waals surface area contributed by atoms with Gasteiger partial charge in [-0.1, -0.05) is 24.3 Å².